The van der Waals surface area contributed by atoms with E-state index in [4.69, 9.17) is 0 Å². The van der Waals surface area contributed by atoms with Gasteiger partial charge in [0.05, 0.1) is 12.7 Å². The molecule has 0 saturated heterocycles. The molecule has 0 aliphatic heterocycles. The van der Waals surface area contributed by atoms with Gasteiger partial charge in [0, 0.05) is 17.8 Å². The Bertz CT molecular complexity index is 529. The molecule has 0 spiro atoms. The molecule has 0 unspecified atom stereocenters. The average molecular weight is 257 g/mol. The third kappa shape index (κ3) is 3.44. The summed E-state index contributed by atoms with van der Waals surface area (Å²) in [4.78, 5) is 0. The molecule has 0 fully saturated rings. The van der Waals surface area contributed by atoms with Crippen molar-refractivity contribution in [2.24, 2.45) is 0 Å². The smallest absolute Gasteiger partial charge is 0.0662 e. The molecule has 2 aromatic rings. The molecular weight excluding hydrogens is 234 g/mol. The lowest BCUT2D eigenvalue weighted by molar-refractivity contribution is 0.632. The predicted octanol–water partition coefficient (Wildman–Crippen LogP) is 2.91. The first-order valence-electron chi connectivity index (χ1n) is 6.98. The van der Waals surface area contributed by atoms with E-state index in [1.54, 1.807) is 0 Å². The van der Waals surface area contributed by atoms with Crippen molar-refractivity contribution in [2.45, 2.75) is 39.8 Å². The van der Waals surface area contributed by atoms with E-state index in [0.29, 0.717) is 0 Å². The molecule has 3 nitrogen and oxygen atoms in total. The minimum Gasteiger partial charge on any atom is -0.316 e. The summed E-state index contributed by atoms with van der Waals surface area (Å²) in [7, 11) is 1.98. The number of benzene rings is 1. The highest BCUT2D eigenvalue weighted by molar-refractivity contribution is 5.24. The summed E-state index contributed by atoms with van der Waals surface area (Å²) < 4.78 is 2.14. The van der Waals surface area contributed by atoms with Gasteiger partial charge in [0.1, 0.15) is 0 Å². The van der Waals surface area contributed by atoms with Gasteiger partial charge in [0.15, 0.2) is 0 Å². The van der Waals surface area contributed by atoms with Crippen LogP contribution in [0.5, 0.6) is 0 Å². The molecule has 0 aliphatic rings. The Morgan fingerprint density at radius 2 is 2.16 bits per heavy atom. The van der Waals surface area contributed by atoms with Crippen LogP contribution in [0.1, 0.15) is 35.7 Å². The van der Waals surface area contributed by atoms with Gasteiger partial charge in [-0.3, -0.25) is 4.68 Å². The summed E-state index contributed by atoms with van der Waals surface area (Å²) in [5, 5.41) is 7.77. The second-order valence-corrected chi connectivity index (χ2v) is 5.04. The largest absolute Gasteiger partial charge is 0.316 e. The maximum Gasteiger partial charge on any atom is 0.0662 e. The van der Waals surface area contributed by atoms with Crippen LogP contribution in [-0.4, -0.2) is 16.8 Å². The molecule has 0 amide bonds. The second-order valence-electron chi connectivity index (χ2n) is 5.04. The fourth-order valence-corrected chi connectivity index (χ4v) is 2.43. The number of aryl methyl sites for hydroxylation is 1. The first kappa shape index (κ1) is 13.8. The van der Waals surface area contributed by atoms with Gasteiger partial charge in [0.25, 0.3) is 0 Å². The number of nitrogens with one attached hydrogen (secondary N) is 1. The molecule has 0 radical (unpaired) electrons. The normalized spacial score (nSPS) is 10.9. The van der Waals surface area contributed by atoms with E-state index in [1.807, 2.05) is 13.2 Å². The van der Waals surface area contributed by atoms with Crippen LogP contribution in [0.4, 0.5) is 0 Å². The minimum atomic E-state index is 0.862. The summed E-state index contributed by atoms with van der Waals surface area (Å²) in [5.74, 6) is 0. The fourth-order valence-electron chi connectivity index (χ4n) is 2.43. The third-order valence-corrected chi connectivity index (χ3v) is 3.30. The van der Waals surface area contributed by atoms with Crippen LogP contribution in [-0.2, 0) is 19.5 Å². The van der Waals surface area contributed by atoms with Crippen molar-refractivity contribution in [3.05, 3.63) is 52.8 Å². The fraction of sp³-hybridized carbons (Fsp3) is 0.438. The Morgan fingerprint density at radius 1 is 1.32 bits per heavy atom. The van der Waals surface area contributed by atoms with Crippen molar-refractivity contribution in [1.29, 1.82) is 0 Å². The van der Waals surface area contributed by atoms with E-state index in [0.717, 1.165) is 25.9 Å². The number of rotatable bonds is 6. The molecule has 1 N–H and O–H groups in total. The Balaban J connectivity index is 2.24. The Morgan fingerprint density at radius 3 is 2.84 bits per heavy atom. The summed E-state index contributed by atoms with van der Waals surface area (Å²) >= 11 is 0. The molecule has 19 heavy (non-hydrogen) atoms. The highest BCUT2D eigenvalue weighted by Crippen LogP contribution is 2.14. The summed E-state index contributed by atoms with van der Waals surface area (Å²) in [6, 6.07) is 8.64. The van der Waals surface area contributed by atoms with Crippen molar-refractivity contribution >= 4 is 0 Å². The molecule has 1 heterocycles. The van der Waals surface area contributed by atoms with Crippen LogP contribution < -0.4 is 5.32 Å². The van der Waals surface area contributed by atoms with Crippen LogP contribution in [0, 0.1) is 6.92 Å². The Labute approximate surface area is 115 Å². The molecule has 2 rings (SSSR count). The number of hydrogen-bond donors (Lipinski definition) is 1. The van der Waals surface area contributed by atoms with Crippen LogP contribution in [0.25, 0.3) is 0 Å². The maximum atomic E-state index is 4.55. The van der Waals surface area contributed by atoms with Gasteiger partial charge in [-0.1, -0.05) is 43.2 Å². The van der Waals surface area contributed by atoms with Crippen LogP contribution in [0.15, 0.2) is 30.5 Å². The van der Waals surface area contributed by atoms with Crippen molar-refractivity contribution in [3.8, 4) is 0 Å². The van der Waals surface area contributed by atoms with E-state index in [1.165, 1.54) is 22.4 Å². The SMILES string of the molecule is CCCc1c(CNC)cnn1Cc1cccc(C)c1. The van der Waals surface area contributed by atoms with Gasteiger partial charge in [-0.15, -0.1) is 0 Å². The number of hydrogen-bond acceptors (Lipinski definition) is 2. The van der Waals surface area contributed by atoms with Gasteiger partial charge in [-0.25, -0.2) is 0 Å². The van der Waals surface area contributed by atoms with Crippen molar-refractivity contribution in [3.63, 3.8) is 0 Å². The first-order valence-corrected chi connectivity index (χ1v) is 6.98. The lowest BCUT2D eigenvalue weighted by Crippen LogP contribution is -2.10. The zero-order valence-electron chi connectivity index (χ0n) is 12.1. The predicted molar refractivity (Wildman–Crippen MR) is 79.3 cm³/mol. The molecule has 0 aliphatic carbocycles. The summed E-state index contributed by atoms with van der Waals surface area (Å²) in [5.41, 5.74) is 5.30. The van der Waals surface area contributed by atoms with Gasteiger partial charge in [0.2, 0.25) is 0 Å². The van der Waals surface area contributed by atoms with E-state index in [-0.39, 0.29) is 0 Å². The molecule has 1 aromatic heterocycles. The van der Waals surface area contributed by atoms with E-state index in [2.05, 4.69) is 53.2 Å². The van der Waals surface area contributed by atoms with E-state index < -0.39 is 0 Å². The van der Waals surface area contributed by atoms with Crippen LogP contribution in [0.2, 0.25) is 0 Å². The zero-order valence-corrected chi connectivity index (χ0v) is 12.1. The molecular formula is C16H23N3. The number of nitrogens with zero attached hydrogens (tertiary/aromatic N) is 2. The average Bonchev–Trinajstić information content (AvgIpc) is 2.74. The second kappa shape index (κ2) is 6.53. The van der Waals surface area contributed by atoms with Crippen LogP contribution in [0.3, 0.4) is 0 Å². The van der Waals surface area contributed by atoms with Gasteiger partial charge < -0.3 is 5.32 Å². The standard InChI is InChI=1S/C16H23N3/c1-4-6-16-15(10-17-3)11-18-19(16)12-14-8-5-7-13(2)9-14/h5,7-9,11,17H,4,6,10,12H2,1-3H3. The highest BCUT2D eigenvalue weighted by Gasteiger charge is 2.09. The van der Waals surface area contributed by atoms with E-state index in [9.17, 15) is 0 Å². The van der Waals surface area contributed by atoms with Crippen molar-refractivity contribution < 1.29 is 0 Å². The quantitative estimate of drug-likeness (QED) is 0.862. The van der Waals surface area contributed by atoms with Crippen molar-refractivity contribution in [2.75, 3.05) is 7.05 Å². The number of aromatic nitrogens is 2. The monoisotopic (exact) mass is 257 g/mol. The molecule has 3 heteroatoms. The Hall–Kier alpha value is -1.61. The first-order chi connectivity index (χ1) is 9.24. The molecule has 102 valence electrons. The lowest BCUT2D eigenvalue weighted by Gasteiger charge is -2.09. The summed E-state index contributed by atoms with van der Waals surface area (Å²) in [6.07, 6.45) is 4.23. The van der Waals surface area contributed by atoms with E-state index >= 15 is 0 Å². The Kier molecular flexibility index (Phi) is 4.74. The van der Waals surface area contributed by atoms with Gasteiger partial charge in [-0.2, -0.15) is 5.10 Å². The van der Waals surface area contributed by atoms with Gasteiger partial charge in [-0.05, 0) is 26.0 Å². The van der Waals surface area contributed by atoms with Crippen LogP contribution >= 0.6 is 0 Å². The maximum absolute atomic E-state index is 4.55. The topological polar surface area (TPSA) is 29.9 Å². The molecule has 0 atom stereocenters. The molecule has 1 aromatic carbocycles. The molecule has 0 bridgehead atoms. The highest BCUT2D eigenvalue weighted by atomic mass is 15.3. The third-order valence-electron chi connectivity index (χ3n) is 3.30. The van der Waals surface area contributed by atoms with Gasteiger partial charge >= 0.3 is 0 Å². The van der Waals surface area contributed by atoms with Crippen molar-refractivity contribution in [1.82, 2.24) is 15.1 Å². The summed E-state index contributed by atoms with van der Waals surface area (Å²) in [6.45, 7) is 6.10. The molecule has 0 saturated carbocycles. The minimum absolute atomic E-state index is 0.862. The lowest BCUT2D eigenvalue weighted by atomic mass is 10.1. The zero-order chi connectivity index (χ0) is 13.7.